The van der Waals surface area contributed by atoms with Gasteiger partial charge in [-0.15, -0.1) is 0 Å². The number of carbonyl (C=O) groups is 1. The minimum Gasteiger partial charge on any atom is -0.506 e. The van der Waals surface area contributed by atoms with Gasteiger partial charge in [0.15, 0.2) is 0 Å². The minimum absolute atomic E-state index is 0.00100. The highest BCUT2D eigenvalue weighted by atomic mass is 35.5. The molecule has 1 aromatic carbocycles. The monoisotopic (exact) mass is 228 g/mol. The van der Waals surface area contributed by atoms with Crippen LogP contribution in [-0.2, 0) is 14.9 Å². The van der Waals surface area contributed by atoms with Crippen LogP contribution >= 0.6 is 11.6 Å². The molecule has 0 amide bonds. The molecule has 0 radical (unpaired) electrons. The van der Waals surface area contributed by atoms with E-state index in [0.29, 0.717) is 5.56 Å². The molecule has 0 aliphatic carbocycles. The van der Waals surface area contributed by atoms with Gasteiger partial charge < -0.3 is 9.84 Å². The van der Waals surface area contributed by atoms with E-state index in [-0.39, 0.29) is 16.7 Å². The molecule has 1 N–H and O–H groups in total. The lowest BCUT2D eigenvalue weighted by Crippen LogP contribution is -2.30. The van der Waals surface area contributed by atoms with Gasteiger partial charge >= 0.3 is 5.97 Å². The van der Waals surface area contributed by atoms with Crippen molar-refractivity contribution in [3.05, 3.63) is 28.8 Å². The van der Waals surface area contributed by atoms with Gasteiger partial charge in [-0.1, -0.05) is 17.7 Å². The topological polar surface area (TPSA) is 46.5 Å². The lowest BCUT2D eigenvalue weighted by Gasteiger charge is -2.22. The van der Waals surface area contributed by atoms with Crippen LogP contribution in [0, 0.1) is 0 Å². The average molecular weight is 229 g/mol. The van der Waals surface area contributed by atoms with Gasteiger partial charge in [-0.2, -0.15) is 0 Å². The predicted octanol–water partition coefficient (Wildman–Crippen LogP) is 2.50. The molecule has 0 fully saturated rings. The Morgan fingerprint density at radius 2 is 2.07 bits per heavy atom. The largest absolute Gasteiger partial charge is 0.506 e. The van der Waals surface area contributed by atoms with Gasteiger partial charge in [0.2, 0.25) is 0 Å². The van der Waals surface area contributed by atoms with E-state index >= 15 is 0 Å². The molecule has 0 heterocycles. The molecule has 0 aromatic heterocycles. The van der Waals surface area contributed by atoms with Crippen LogP contribution in [0.5, 0.6) is 5.75 Å². The number of halogens is 1. The number of hydrogen-bond acceptors (Lipinski definition) is 3. The fraction of sp³-hybridized carbons (Fsp3) is 0.364. The number of phenols is 1. The first-order chi connectivity index (χ1) is 6.89. The molecule has 3 nitrogen and oxygen atoms in total. The molecular weight excluding hydrogens is 216 g/mol. The van der Waals surface area contributed by atoms with Crippen molar-refractivity contribution in [1.29, 1.82) is 0 Å². The fourth-order valence-corrected chi connectivity index (χ4v) is 1.45. The molecule has 1 aromatic rings. The highest BCUT2D eigenvalue weighted by molar-refractivity contribution is 6.32. The number of esters is 1. The van der Waals surface area contributed by atoms with E-state index in [9.17, 15) is 9.90 Å². The number of hydrogen-bond donors (Lipinski definition) is 1. The van der Waals surface area contributed by atoms with Crippen LogP contribution in [0.4, 0.5) is 0 Å². The average Bonchev–Trinajstić information content (AvgIpc) is 2.20. The Balaban J connectivity index is 3.16. The summed E-state index contributed by atoms with van der Waals surface area (Å²) in [5, 5.41) is 9.48. The van der Waals surface area contributed by atoms with Crippen molar-refractivity contribution in [2.24, 2.45) is 0 Å². The number of ether oxygens (including phenoxy) is 1. The summed E-state index contributed by atoms with van der Waals surface area (Å²) >= 11 is 5.77. The van der Waals surface area contributed by atoms with Crippen LogP contribution in [0.15, 0.2) is 18.2 Å². The zero-order valence-corrected chi connectivity index (χ0v) is 9.63. The smallest absolute Gasteiger partial charge is 0.315 e. The number of benzene rings is 1. The van der Waals surface area contributed by atoms with Crippen molar-refractivity contribution in [2.75, 3.05) is 7.11 Å². The number of phenolic OH excluding ortho intramolecular Hbond substituents is 1. The summed E-state index contributed by atoms with van der Waals surface area (Å²) in [5.41, 5.74) is -0.0660. The fourth-order valence-electron chi connectivity index (χ4n) is 1.27. The summed E-state index contributed by atoms with van der Waals surface area (Å²) < 4.78 is 4.70. The Morgan fingerprint density at radius 3 is 2.53 bits per heavy atom. The second kappa shape index (κ2) is 4.11. The highest BCUT2D eigenvalue weighted by Gasteiger charge is 2.31. The van der Waals surface area contributed by atoms with Crippen LogP contribution < -0.4 is 0 Å². The van der Waals surface area contributed by atoms with Gasteiger partial charge in [0.05, 0.1) is 17.5 Å². The summed E-state index contributed by atoms with van der Waals surface area (Å²) in [6.45, 7) is 3.48. The summed E-state index contributed by atoms with van der Waals surface area (Å²) in [5.74, 6) is -0.342. The van der Waals surface area contributed by atoms with E-state index < -0.39 is 5.41 Å². The standard InChI is InChI=1S/C11H13ClO3/c1-11(2,10(14)15-3)7-4-5-9(13)8(12)6-7/h4-6,13H,1-3H3. The van der Waals surface area contributed by atoms with E-state index in [4.69, 9.17) is 16.3 Å². The molecule has 15 heavy (non-hydrogen) atoms. The van der Waals surface area contributed by atoms with Crippen molar-refractivity contribution in [2.45, 2.75) is 19.3 Å². The van der Waals surface area contributed by atoms with Gasteiger partial charge in [0.25, 0.3) is 0 Å². The zero-order chi connectivity index (χ0) is 11.6. The minimum atomic E-state index is -0.772. The first-order valence-corrected chi connectivity index (χ1v) is 4.85. The molecule has 4 heteroatoms. The molecule has 0 aliphatic rings. The third kappa shape index (κ3) is 2.23. The van der Waals surface area contributed by atoms with Crippen molar-refractivity contribution in [3.63, 3.8) is 0 Å². The number of aromatic hydroxyl groups is 1. The lowest BCUT2D eigenvalue weighted by atomic mass is 9.85. The second-order valence-corrected chi connectivity index (χ2v) is 4.19. The van der Waals surface area contributed by atoms with E-state index in [1.54, 1.807) is 26.0 Å². The molecule has 0 atom stereocenters. The molecular formula is C11H13ClO3. The molecule has 0 saturated carbocycles. The zero-order valence-electron chi connectivity index (χ0n) is 8.87. The highest BCUT2D eigenvalue weighted by Crippen LogP contribution is 2.31. The van der Waals surface area contributed by atoms with Crippen LogP contribution in [-0.4, -0.2) is 18.2 Å². The van der Waals surface area contributed by atoms with Crippen LogP contribution in [0.3, 0.4) is 0 Å². The third-order valence-corrected chi connectivity index (χ3v) is 2.67. The van der Waals surface area contributed by atoms with E-state index in [1.165, 1.54) is 13.2 Å². The summed E-state index contributed by atoms with van der Waals surface area (Å²) in [4.78, 5) is 11.5. The molecule has 0 saturated heterocycles. The summed E-state index contributed by atoms with van der Waals surface area (Å²) in [6, 6.07) is 4.67. The van der Waals surface area contributed by atoms with E-state index in [1.807, 2.05) is 0 Å². The first kappa shape index (κ1) is 11.9. The molecule has 1 rings (SSSR count). The normalized spacial score (nSPS) is 11.2. The Morgan fingerprint density at radius 1 is 1.47 bits per heavy atom. The molecule has 0 spiro atoms. The third-order valence-electron chi connectivity index (χ3n) is 2.37. The van der Waals surface area contributed by atoms with Crippen molar-refractivity contribution in [1.82, 2.24) is 0 Å². The number of rotatable bonds is 2. The van der Waals surface area contributed by atoms with Crippen LogP contribution in [0.1, 0.15) is 19.4 Å². The predicted molar refractivity (Wildman–Crippen MR) is 58.2 cm³/mol. The van der Waals surface area contributed by atoms with E-state index in [0.717, 1.165) is 0 Å². The molecule has 82 valence electrons. The van der Waals surface area contributed by atoms with Gasteiger partial charge in [-0.05, 0) is 31.5 Å². The molecule has 0 aliphatic heterocycles. The number of carbonyl (C=O) groups excluding carboxylic acids is 1. The molecule has 0 bridgehead atoms. The quantitative estimate of drug-likeness (QED) is 0.792. The van der Waals surface area contributed by atoms with Crippen molar-refractivity contribution in [3.8, 4) is 5.75 Å². The Hall–Kier alpha value is -1.22. The maximum absolute atomic E-state index is 11.5. The second-order valence-electron chi connectivity index (χ2n) is 3.78. The van der Waals surface area contributed by atoms with Crippen molar-refractivity contribution < 1.29 is 14.6 Å². The lowest BCUT2D eigenvalue weighted by molar-refractivity contribution is -0.146. The van der Waals surface area contributed by atoms with Gasteiger partial charge in [0.1, 0.15) is 5.75 Å². The Bertz CT molecular complexity index is 385. The van der Waals surface area contributed by atoms with Crippen molar-refractivity contribution >= 4 is 17.6 Å². The SMILES string of the molecule is COC(=O)C(C)(C)c1ccc(O)c(Cl)c1. The van der Waals surface area contributed by atoms with Crippen LogP contribution in [0.2, 0.25) is 5.02 Å². The van der Waals surface area contributed by atoms with Gasteiger partial charge in [-0.25, -0.2) is 0 Å². The maximum atomic E-state index is 11.5. The van der Waals surface area contributed by atoms with Gasteiger partial charge in [-0.3, -0.25) is 4.79 Å². The van der Waals surface area contributed by atoms with E-state index in [2.05, 4.69) is 0 Å². The van der Waals surface area contributed by atoms with Crippen LogP contribution in [0.25, 0.3) is 0 Å². The first-order valence-electron chi connectivity index (χ1n) is 4.47. The Kier molecular flexibility index (Phi) is 3.25. The molecule has 0 unspecified atom stereocenters. The summed E-state index contributed by atoms with van der Waals surface area (Å²) in [6.07, 6.45) is 0. The maximum Gasteiger partial charge on any atom is 0.315 e. The van der Waals surface area contributed by atoms with Gasteiger partial charge in [0, 0.05) is 0 Å². The summed E-state index contributed by atoms with van der Waals surface area (Å²) in [7, 11) is 1.34. The Labute approximate surface area is 93.6 Å². The number of methoxy groups -OCH3 is 1.